The SMILES string of the molecule is C=CC[C@H](C(OC)OC)[C@H]1CCCO1. The van der Waals surface area contributed by atoms with Crippen LogP contribution in [0.15, 0.2) is 12.7 Å². The third kappa shape index (κ3) is 2.80. The molecule has 3 heteroatoms. The van der Waals surface area contributed by atoms with Gasteiger partial charge in [0.15, 0.2) is 6.29 Å². The Bertz CT molecular complexity index is 158. The first kappa shape index (κ1) is 11.7. The molecule has 1 saturated heterocycles. The molecule has 0 aliphatic carbocycles. The van der Waals surface area contributed by atoms with Gasteiger partial charge in [-0.05, 0) is 19.3 Å². The first-order valence-electron chi connectivity index (χ1n) is 5.11. The number of hydrogen-bond donors (Lipinski definition) is 0. The third-order valence-corrected chi connectivity index (χ3v) is 2.70. The minimum atomic E-state index is -0.184. The molecule has 0 radical (unpaired) electrons. The summed E-state index contributed by atoms with van der Waals surface area (Å²) < 4.78 is 16.2. The Labute approximate surface area is 86.0 Å². The van der Waals surface area contributed by atoms with Crippen LogP contribution in [0.5, 0.6) is 0 Å². The summed E-state index contributed by atoms with van der Waals surface area (Å²) in [6.07, 6.45) is 5.09. The second-order valence-corrected chi connectivity index (χ2v) is 3.58. The largest absolute Gasteiger partial charge is 0.378 e. The number of allylic oxidation sites excluding steroid dienone is 1. The number of ether oxygens (including phenoxy) is 3. The van der Waals surface area contributed by atoms with Crippen molar-refractivity contribution in [1.29, 1.82) is 0 Å². The van der Waals surface area contributed by atoms with E-state index in [9.17, 15) is 0 Å². The molecule has 2 atom stereocenters. The Balaban J connectivity index is 2.55. The molecule has 1 aliphatic rings. The summed E-state index contributed by atoms with van der Waals surface area (Å²) in [6.45, 7) is 4.62. The first-order chi connectivity index (χ1) is 6.83. The quantitative estimate of drug-likeness (QED) is 0.484. The molecule has 0 unspecified atom stereocenters. The molecule has 1 fully saturated rings. The average Bonchev–Trinajstić information content (AvgIpc) is 2.71. The molecule has 0 saturated carbocycles. The molecule has 1 heterocycles. The summed E-state index contributed by atoms with van der Waals surface area (Å²) in [5.41, 5.74) is 0. The lowest BCUT2D eigenvalue weighted by molar-refractivity contribution is -0.161. The fourth-order valence-electron chi connectivity index (χ4n) is 2.02. The number of rotatable bonds is 6. The van der Waals surface area contributed by atoms with Gasteiger partial charge >= 0.3 is 0 Å². The van der Waals surface area contributed by atoms with Crippen LogP contribution in [-0.2, 0) is 14.2 Å². The van der Waals surface area contributed by atoms with Crippen molar-refractivity contribution in [1.82, 2.24) is 0 Å². The zero-order chi connectivity index (χ0) is 10.4. The van der Waals surface area contributed by atoms with Crippen LogP contribution in [0.25, 0.3) is 0 Å². The second kappa shape index (κ2) is 6.17. The molecule has 0 amide bonds. The summed E-state index contributed by atoms with van der Waals surface area (Å²) in [4.78, 5) is 0. The maximum atomic E-state index is 5.64. The molecule has 0 aromatic rings. The van der Waals surface area contributed by atoms with E-state index < -0.39 is 0 Å². The average molecular weight is 200 g/mol. The lowest BCUT2D eigenvalue weighted by atomic mass is 9.95. The summed E-state index contributed by atoms with van der Waals surface area (Å²) in [6, 6.07) is 0. The van der Waals surface area contributed by atoms with Gasteiger partial charge in [0.05, 0.1) is 6.10 Å². The van der Waals surface area contributed by atoms with Crippen molar-refractivity contribution in [3.05, 3.63) is 12.7 Å². The molecule has 1 rings (SSSR count). The van der Waals surface area contributed by atoms with Crippen LogP contribution in [0.1, 0.15) is 19.3 Å². The van der Waals surface area contributed by atoms with Gasteiger partial charge in [-0.25, -0.2) is 0 Å². The smallest absolute Gasteiger partial charge is 0.162 e. The van der Waals surface area contributed by atoms with Crippen LogP contribution in [-0.4, -0.2) is 33.2 Å². The van der Waals surface area contributed by atoms with Crippen LogP contribution < -0.4 is 0 Å². The monoisotopic (exact) mass is 200 g/mol. The Morgan fingerprint density at radius 1 is 1.50 bits per heavy atom. The standard InChI is InChI=1S/C11H20O3/c1-4-6-9(11(12-2)13-3)10-7-5-8-14-10/h4,9-11H,1,5-8H2,2-3H3/t9-,10+/m0/s1. The van der Waals surface area contributed by atoms with Gasteiger partial charge in [0.1, 0.15) is 0 Å². The van der Waals surface area contributed by atoms with Crippen molar-refractivity contribution >= 4 is 0 Å². The zero-order valence-electron chi connectivity index (χ0n) is 9.07. The van der Waals surface area contributed by atoms with Crippen molar-refractivity contribution in [3.63, 3.8) is 0 Å². The molecule has 0 N–H and O–H groups in total. The molecule has 14 heavy (non-hydrogen) atoms. The normalized spacial score (nSPS) is 24.1. The van der Waals surface area contributed by atoms with Crippen LogP contribution in [0.3, 0.4) is 0 Å². The van der Waals surface area contributed by atoms with Gasteiger partial charge in [0, 0.05) is 26.7 Å². The highest BCUT2D eigenvalue weighted by Gasteiger charge is 2.31. The minimum absolute atomic E-state index is 0.184. The van der Waals surface area contributed by atoms with Gasteiger partial charge in [0.25, 0.3) is 0 Å². The predicted molar refractivity (Wildman–Crippen MR) is 55.1 cm³/mol. The summed E-state index contributed by atoms with van der Waals surface area (Å²) in [5, 5.41) is 0. The minimum Gasteiger partial charge on any atom is -0.378 e. The van der Waals surface area contributed by atoms with E-state index in [1.807, 2.05) is 6.08 Å². The van der Waals surface area contributed by atoms with E-state index in [0.717, 1.165) is 25.9 Å². The maximum absolute atomic E-state index is 5.64. The number of hydrogen-bond acceptors (Lipinski definition) is 3. The highest BCUT2D eigenvalue weighted by atomic mass is 16.7. The Kier molecular flexibility index (Phi) is 5.15. The van der Waals surface area contributed by atoms with E-state index in [-0.39, 0.29) is 18.3 Å². The molecule has 1 aliphatic heterocycles. The van der Waals surface area contributed by atoms with E-state index in [2.05, 4.69) is 6.58 Å². The summed E-state index contributed by atoms with van der Waals surface area (Å²) >= 11 is 0. The van der Waals surface area contributed by atoms with E-state index in [0.29, 0.717) is 0 Å². The van der Waals surface area contributed by atoms with Gasteiger partial charge < -0.3 is 14.2 Å². The molecule has 0 aromatic carbocycles. The van der Waals surface area contributed by atoms with Gasteiger partial charge in [0.2, 0.25) is 0 Å². The van der Waals surface area contributed by atoms with Crippen molar-refractivity contribution in [3.8, 4) is 0 Å². The Hall–Kier alpha value is -0.380. The van der Waals surface area contributed by atoms with Crippen molar-refractivity contribution < 1.29 is 14.2 Å². The lowest BCUT2D eigenvalue weighted by Gasteiger charge is -2.28. The van der Waals surface area contributed by atoms with Crippen LogP contribution in [0.4, 0.5) is 0 Å². The summed E-state index contributed by atoms with van der Waals surface area (Å²) in [7, 11) is 3.33. The predicted octanol–water partition coefficient (Wildman–Crippen LogP) is 1.98. The molecule has 0 spiro atoms. The molecule has 3 nitrogen and oxygen atoms in total. The van der Waals surface area contributed by atoms with Crippen molar-refractivity contribution in [2.75, 3.05) is 20.8 Å². The van der Waals surface area contributed by atoms with Gasteiger partial charge in [-0.3, -0.25) is 0 Å². The molecule has 0 aromatic heterocycles. The zero-order valence-corrected chi connectivity index (χ0v) is 9.07. The molecular weight excluding hydrogens is 180 g/mol. The van der Waals surface area contributed by atoms with Crippen LogP contribution in [0.2, 0.25) is 0 Å². The topological polar surface area (TPSA) is 27.7 Å². The third-order valence-electron chi connectivity index (χ3n) is 2.70. The highest BCUT2D eigenvalue weighted by molar-refractivity contribution is 4.83. The molecular formula is C11H20O3. The fraction of sp³-hybridized carbons (Fsp3) is 0.818. The van der Waals surface area contributed by atoms with E-state index >= 15 is 0 Å². The first-order valence-corrected chi connectivity index (χ1v) is 5.11. The van der Waals surface area contributed by atoms with Crippen LogP contribution in [0, 0.1) is 5.92 Å². The Morgan fingerprint density at radius 3 is 2.64 bits per heavy atom. The van der Waals surface area contributed by atoms with Crippen molar-refractivity contribution in [2.24, 2.45) is 5.92 Å². The lowest BCUT2D eigenvalue weighted by Crippen LogP contribution is -2.33. The van der Waals surface area contributed by atoms with Crippen LogP contribution >= 0.6 is 0 Å². The fourth-order valence-corrected chi connectivity index (χ4v) is 2.02. The van der Waals surface area contributed by atoms with E-state index in [4.69, 9.17) is 14.2 Å². The van der Waals surface area contributed by atoms with E-state index in [1.54, 1.807) is 14.2 Å². The Morgan fingerprint density at radius 2 is 2.21 bits per heavy atom. The second-order valence-electron chi connectivity index (χ2n) is 3.58. The number of methoxy groups -OCH3 is 2. The van der Waals surface area contributed by atoms with Gasteiger partial charge in [-0.15, -0.1) is 6.58 Å². The summed E-state index contributed by atoms with van der Waals surface area (Å²) in [5.74, 6) is 0.269. The highest BCUT2D eigenvalue weighted by Crippen LogP contribution is 2.27. The van der Waals surface area contributed by atoms with Crippen molar-refractivity contribution in [2.45, 2.75) is 31.7 Å². The molecule has 82 valence electrons. The van der Waals surface area contributed by atoms with E-state index in [1.165, 1.54) is 0 Å². The van der Waals surface area contributed by atoms with Gasteiger partial charge in [-0.1, -0.05) is 6.08 Å². The van der Waals surface area contributed by atoms with Gasteiger partial charge in [-0.2, -0.15) is 0 Å². The maximum Gasteiger partial charge on any atom is 0.162 e. The molecule has 0 bridgehead atoms.